The molecule has 37 heavy (non-hydrogen) atoms. The van der Waals surface area contributed by atoms with Crippen LogP contribution in [0.3, 0.4) is 0 Å². The molecule has 0 heterocycles. The quantitative estimate of drug-likeness (QED) is 0.482. The molecule has 2 aromatic rings. The van der Waals surface area contributed by atoms with Gasteiger partial charge in [0.15, 0.2) is 0 Å². The number of allylic oxidation sites excluding steroid dienone is 4. The molecular weight excluding hydrogens is 571 g/mol. The van der Waals surface area contributed by atoms with Gasteiger partial charge in [0, 0.05) is 0 Å². The second-order valence-electron chi connectivity index (χ2n) is 14.2. The largest absolute Gasteiger partial charge is 1.00 e. The number of rotatable bonds is 2. The monoisotopic (exact) mass is 614 g/mol. The van der Waals surface area contributed by atoms with Crippen molar-refractivity contribution in [2.45, 2.75) is 104 Å². The molecule has 0 fully saturated rings. The molecule has 0 radical (unpaired) electrons. The van der Waals surface area contributed by atoms with Gasteiger partial charge >= 0.3 is 224 Å². The van der Waals surface area contributed by atoms with Gasteiger partial charge < -0.3 is 24.8 Å². The average Bonchev–Trinajstić information content (AvgIpc) is 3.25. The zero-order chi connectivity index (χ0) is 26.1. The topological polar surface area (TPSA) is 0 Å². The van der Waals surface area contributed by atoms with Crippen molar-refractivity contribution in [3.8, 4) is 11.1 Å². The summed E-state index contributed by atoms with van der Waals surface area (Å²) in [5.41, 5.74) is 12.8. The van der Waals surface area contributed by atoms with E-state index in [4.69, 9.17) is 0 Å². The fourth-order valence-corrected chi connectivity index (χ4v) is 14.5. The van der Waals surface area contributed by atoms with E-state index in [2.05, 4.69) is 126 Å². The van der Waals surface area contributed by atoms with Gasteiger partial charge in [-0.3, -0.25) is 0 Å². The minimum atomic E-state index is -2.19. The smallest absolute Gasteiger partial charge is 1.00 e. The fourth-order valence-electron chi connectivity index (χ4n) is 5.78. The van der Waals surface area contributed by atoms with E-state index in [0.717, 1.165) is 0 Å². The molecule has 2 aliphatic carbocycles. The molecule has 0 spiro atoms. The number of halogens is 2. The second kappa shape index (κ2) is 11.0. The molecule has 2 aromatic carbocycles. The molecule has 0 nitrogen and oxygen atoms in total. The summed E-state index contributed by atoms with van der Waals surface area (Å²) in [5.74, 6) is 0. The number of hydrogen-bond acceptors (Lipinski definition) is 0. The molecule has 3 heteroatoms. The maximum Gasteiger partial charge on any atom is -1.00 e. The third kappa shape index (κ3) is 6.21. The second-order valence-corrected chi connectivity index (χ2v) is 21.6. The predicted molar refractivity (Wildman–Crippen MR) is 152 cm³/mol. The normalized spacial score (nSPS) is 15.3. The predicted octanol–water partition coefficient (Wildman–Crippen LogP) is 3.84. The van der Waals surface area contributed by atoms with Crippen molar-refractivity contribution in [1.29, 1.82) is 0 Å². The SMILES string of the molecule is CC1=[C]([Zr+2](=[C](C)C)[CH]2c3ccc(C(C)(C)C)cc3-c3cc(C(C)(C)C)ccc32)CC(C(C)(C)C)=C1.[Cl-].[Cl-]. The van der Waals surface area contributed by atoms with Crippen molar-refractivity contribution in [1.82, 2.24) is 0 Å². The van der Waals surface area contributed by atoms with Crippen molar-refractivity contribution in [3.63, 3.8) is 0 Å². The summed E-state index contributed by atoms with van der Waals surface area (Å²) in [6, 6.07) is 14.9. The fraction of sp³-hybridized carbons (Fsp3) is 0.500. The Morgan fingerprint density at radius 3 is 1.46 bits per heavy atom. The third-order valence-corrected chi connectivity index (χ3v) is 16.7. The minimum Gasteiger partial charge on any atom is -1.00 e. The van der Waals surface area contributed by atoms with Crippen LogP contribution in [0.15, 0.2) is 56.9 Å². The van der Waals surface area contributed by atoms with E-state index in [0.29, 0.717) is 3.63 Å². The first kappa shape index (κ1) is 32.5. The molecule has 0 unspecified atom stereocenters. The number of benzene rings is 2. The first-order valence-electron chi connectivity index (χ1n) is 13.4. The maximum absolute atomic E-state index is 2.53. The number of fused-ring (bicyclic) bond motifs is 3. The van der Waals surface area contributed by atoms with Crippen molar-refractivity contribution >= 4 is 3.21 Å². The molecule has 0 bridgehead atoms. The van der Waals surface area contributed by atoms with Crippen LogP contribution in [-0.4, -0.2) is 3.21 Å². The van der Waals surface area contributed by atoms with E-state index >= 15 is 0 Å². The molecule has 200 valence electrons. The molecule has 0 aliphatic heterocycles. The van der Waals surface area contributed by atoms with E-state index in [1.807, 2.05) is 3.28 Å². The van der Waals surface area contributed by atoms with Crippen LogP contribution in [0.25, 0.3) is 11.1 Å². The van der Waals surface area contributed by atoms with Gasteiger partial charge in [-0.25, -0.2) is 0 Å². The molecule has 2 aliphatic rings. The Morgan fingerprint density at radius 2 is 1.14 bits per heavy atom. The van der Waals surface area contributed by atoms with Gasteiger partial charge in [-0.1, -0.05) is 0 Å². The van der Waals surface area contributed by atoms with E-state index in [1.165, 1.54) is 28.7 Å². The van der Waals surface area contributed by atoms with Crippen molar-refractivity contribution in [2.75, 3.05) is 0 Å². The van der Waals surface area contributed by atoms with Gasteiger partial charge in [0.05, 0.1) is 0 Å². The van der Waals surface area contributed by atoms with Crippen LogP contribution in [0.4, 0.5) is 0 Å². The molecule has 0 amide bonds. The van der Waals surface area contributed by atoms with Crippen LogP contribution >= 0.6 is 0 Å². The van der Waals surface area contributed by atoms with Crippen LogP contribution in [0.5, 0.6) is 0 Å². The van der Waals surface area contributed by atoms with Gasteiger partial charge in [0.1, 0.15) is 0 Å². The maximum atomic E-state index is 2.53. The average molecular weight is 617 g/mol. The Hall–Kier alpha value is -0.747. The van der Waals surface area contributed by atoms with Crippen molar-refractivity contribution in [3.05, 3.63) is 79.2 Å². The molecule has 0 saturated carbocycles. The Bertz CT molecular complexity index is 1220. The van der Waals surface area contributed by atoms with E-state index in [-0.39, 0.29) is 41.1 Å². The van der Waals surface area contributed by atoms with Crippen molar-refractivity contribution in [2.24, 2.45) is 5.41 Å². The van der Waals surface area contributed by atoms with E-state index in [9.17, 15) is 0 Å². The molecule has 0 atom stereocenters. The Balaban J connectivity index is 0.00000241. The van der Waals surface area contributed by atoms with Crippen LogP contribution in [0.1, 0.15) is 115 Å². The van der Waals surface area contributed by atoms with Crippen LogP contribution in [0.2, 0.25) is 0 Å². The standard InChI is InChI=1S/C21H25.C10H15.C3H6.2ClH.Zr/c1-20(2,3)16-9-7-14-11-15-8-10-17(21(4,5)6)13-19(15)18(14)12-16;1-8-5-6-9(7-8)10(2,3)4;1-3-2;;;/h7-13H,1-6H3;7H,6H2,1-4H3;1-2H3;2*1H;/q;;;;;+2/p-2. The first-order valence-corrected chi connectivity index (χ1v) is 17.3. The van der Waals surface area contributed by atoms with Gasteiger partial charge in [-0.05, 0) is 0 Å². The van der Waals surface area contributed by atoms with Gasteiger partial charge in [-0.15, -0.1) is 0 Å². The Kier molecular flexibility index (Phi) is 9.67. The first-order chi connectivity index (χ1) is 16.0. The van der Waals surface area contributed by atoms with Gasteiger partial charge in [0.2, 0.25) is 0 Å². The van der Waals surface area contributed by atoms with Crippen LogP contribution in [0, 0.1) is 5.41 Å². The summed E-state index contributed by atoms with van der Waals surface area (Å²) < 4.78 is 4.11. The van der Waals surface area contributed by atoms with Gasteiger partial charge in [0.25, 0.3) is 0 Å². The summed E-state index contributed by atoms with van der Waals surface area (Å²) in [4.78, 5) is 0. The zero-order valence-electron chi connectivity index (χ0n) is 25.1. The number of hydrogen-bond donors (Lipinski definition) is 0. The third-order valence-electron chi connectivity index (χ3n) is 8.10. The molecule has 4 rings (SSSR count). The summed E-state index contributed by atoms with van der Waals surface area (Å²) >= 11 is -2.19. The van der Waals surface area contributed by atoms with Gasteiger partial charge in [-0.2, -0.15) is 0 Å². The van der Waals surface area contributed by atoms with Crippen molar-refractivity contribution < 1.29 is 46.1 Å². The summed E-state index contributed by atoms with van der Waals surface area (Å²) in [6.45, 7) is 28.4. The Labute approximate surface area is 247 Å². The summed E-state index contributed by atoms with van der Waals surface area (Å²) in [6.07, 6.45) is 3.72. The van der Waals surface area contributed by atoms with Crippen LogP contribution < -0.4 is 24.8 Å². The minimum absolute atomic E-state index is 0. The summed E-state index contributed by atoms with van der Waals surface area (Å²) in [7, 11) is 0. The van der Waals surface area contributed by atoms with Crippen LogP contribution in [-0.2, 0) is 32.1 Å². The van der Waals surface area contributed by atoms with E-state index < -0.39 is 21.3 Å². The molecular formula is C34H46Cl2Zr. The molecule has 0 aromatic heterocycles. The molecule has 0 saturated heterocycles. The summed E-state index contributed by atoms with van der Waals surface area (Å²) in [5, 5.41) is 0. The van der Waals surface area contributed by atoms with E-state index in [1.54, 1.807) is 25.5 Å². The Morgan fingerprint density at radius 1 is 0.703 bits per heavy atom. The molecule has 0 N–H and O–H groups in total. The zero-order valence-corrected chi connectivity index (χ0v) is 29.1.